The van der Waals surface area contributed by atoms with E-state index in [4.69, 9.17) is 10.5 Å². The monoisotopic (exact) mass is 437 g/mol. The van der Waals surface area contributed by atoms with Gasteiger partial charge in [-0.25, -0.2) is 4.39 Å². The van der Waals surface area contributed by atoms with Crippen LogP contribution in [0.3, 0.4) is 0 Å². The van der Waals surface area contributed by atoms with Gasteiger partial charge < -0.3 is 15.4 Å². The van der Waals surface area contributed by atoms with Crippen LogP contribution >= 0.6 is 11.3 Å². The summed E-state index contributed by atoms with van der Waals surface area (Å²) in [6, 6.07) is 8.03. The molecule has 1 amide bonds. The Morgan fingerprint density at radius 2 is 2.10 bits per heavy atom. The Hall–Kier alpha value is -3.46. The van der Waals surface area contributed by atoms with Crippen LogP contribution in [0.1, 0.15) is 12.8 Å². The largest absolute Gasteiger partial charge is 0.453 e. The summed E-state index contributed by atoms with van der Waals surface area (Å²) in [6.45, 7) is 2.14. The zero-order valence-corrected chi connectivity index (χ0v) is 17.4. The van der Waals surface area contributed by atoms with Gasteiger partial charge in [-0.2, -0.15) is 5.10 Å². The molecular weight excluding hydrogens is 417 g/mol. The molecule has 4 heterocycles. The Labute approximate surface area is 181 Å². The van der Waals surface area contributed by atoms with Crippen LogP contribution in [0.2, 0.25) is 0 Å². The van der Waals surface area contributed by atoms with Crippen molar-refractivity contribution in [3.63, 3.8) is 0 Å². The van der Waals surface area contributed by atoms with Crippen molar-refractivity contribution >= 4 is 33.1 Å². The first-order chi connectivity index (χ1) is 15.1. The number of amides is 1. The van der Waals surface area contributed by atoms with Gasteiger partial charge >= 0.3 is 0 Å². The standard InChI is InChI=1S/C22H20FN5O2S/c23-16-10-15(24)3-4-18(16)30-19-5-6-25-17-11-20(31-22(17)19)14-12-26-28(13-14)9-8-27-7-1-2-21(27)29/h3-6,10-13H,1-2,7-9,24H2. The summed E-state index contributed by atoms with van der Waals surface area (Å²) in [5.74, 6) is 0.346. The van der Waals surface area contributed by atoms with E-state index in [2.05, 4.69) is 10.1 Å². The smallest absolute Gasteiger partial charge is 0.222 e. The van der Waals surface area contributed by atoms with Crippen molar-refractivity contribution in [1.82, 2.24) is 19.7 Å². The number of carbonyl (C=O) groups excluding carboxylic acids is 1. The first-order valence-electron chi connectivity index (χ1n) is 9.99. The molecule has 158 valence electrons. The van der Waals surface area contributed by atoms with Crippen molar-refractivity contribution in [2.75, 3.05) is 18.8 Å². The molecule has 0 atom stereocenters. The third-order valence-corrected chi connectivity index (χ3v) is 6.43. The second-order valence-corrected chi connectivity index (χ2v) is 8.45. The number of nitrogen functional groups attached to an aromatic ring is 1. The maximum atomic E-state index is 14.2. The lowest BCUT2D eigenvalue weighted by Gasteiger charge is -2.14. The second kappa shape index (κ2) is 7.99. The van der Waals surface area contributed by atoms with E-state index in [9.17, 15) is 9.18 Å². The molecule has 0 unspecified atom stereocenters. The molecule has 0 radical (unpaired) electrons. The number of hydrogen-bond donors (Lipinski definition) is 1. The van der Waals surface area contributed by atoms with Gasteiger partial charge in [-0.3, -0.25) is 14.5 Å². The van der Waals surface area contributed by atoms with Crippen molar-refractivity contribution in [1.29, 1.82) is 0 Å². The van der Waals surface area contributed by atoms with E-state index < -0.39 is 5.82 Å². The van der Waals surface area contributed by atoms with Crippen molar-refractivity contribution in [2.45, 2.75) is 19.4 Å². The van der Waals surface area contributed by atoms with Crippen LogP contribution in [-0.2, 0) is 11.3 Å². The molecule has 5 rings (SSSR count). The Kier molecular flexibility index (Phi) is 5.03. The lowest BCUT2D eigenvalue weighted by Crippen LogP contribution is -2.28. The molecule has 31 heavy (non-hydrogen) atoms. The van der Waals surface area contributed by atoms with Gasteiger partial charge in [0.25, 0.3) is 0 Å². The third kappa shape index (κ3) is 3.96. The van der Waals surface area contributed by atoms with Gasteiger partial charge in [0.2, 0.25) is 5.91 Å². The molecule has 3 aromatic heterocycles. The number of nitrogens with two attached hydrogens (primary N) is 1. The normalized spacial score (nSPS) is 14.0. The average Bonchev–Trinajstić information content (AvgIpc) is 3.48. The molecule has 0 spiro atoms. The zero-order chi connectivity index (χ0) is 21.4. The van der Waals surface area contributed by atoms with Crippen LogP contribution in [0.25, 0.3) is 20.7 Å². The Morgan fingerprint density at radius 3 is 2.90 bits per heavy atom. The molecule has 4 aromatic rings. The highest BCUT2D eigenvalue weighted by Gasteiger charge is 2.20. The van der Waals surface area contributed by atoms with Gasteiger partial charge in [-0.1, -0.05) is 0 Å². The van der Waals surface area contributed by atoms with Crippen molar-refractivity contribution in [3.05, 3.63) is 54.7 Å². The van der Waals surface area contributed by atoms with Crippen LogP contribution < -0.4 is 10.5 Å². The lowest BCUT2D eigenvalue weighted by molar-refractivity contribution is -0.127. The molecule has 7 nitrogen and oxygen atoms in total. The number of likely N-dealkylation sites (tertiary alicyclic amines) is 1. The highest BCUT2D eigenvalue weighted by atomic mass is 32.1. The quantitative estimate of drug-likeness (QED) is 0.455. The summed E-state index contributed by atoms with van der Waals surface area (Å²) < 4.78 is 22.7. The number of ether oxygens (including phenoxy) is 1. The van der Waals surface area contributed by atoms with Crippen LogP contribution in [0.5, 0.6) is 11.5 Å². The number of rotatable bonds is 6. The molecule has 0 aliphatic carbocycles. The Bertz CT molecular complexity index is 1270. The molecule has 9 heteroatoms. The number of benzene rings is 1. The van der Waals surface area contributed by atoms with Crippen LogP contribution in [0, 0.1) is 5.82 Å². The minimum Gasteiger partial charge on any atom is -0.453 e. The van der Waals surface area contributed by atoms with E-state index in [1.54, 1.807) is 24.5 Å². The highest BCUT2D eigenvalue weighted by Crippen LogP contribution is 2.39. The summed E-state index contributed by atoms with van der Waals surface area (Å²) >= 11 is 1.51. The maximum Gasteiger partial charge on any atom is 0.222 e. The van der Waals surface area contributed by atoms with Gasteiger partial charge in [0.05, 0.1) is 23.0 Å². The van der Waals surface area contributed by atoms with E-state index in [1.165, 1.54) is 23.5 Å². The molecular formula is C22H20FN5O2S. The van der Waals surface area contributed by atoms with Crippen molar-refractivity contribution in [2.24, 2.45) is 0 Å². The SMILES string of the molecule is Nc1ccc(Oc2ccnc3cc(-c4cnn(CCN5CCCC5=O)c4)sc23)c(F)c1. The van der Waals surface area contributed by atoms with Gasteiger partial charge in [0.15, 0.2) is 11.6 Å². The molecule has 1 fully saturated rings. The second-order valence-electron chi connectivity index (χ2n) is 7.40. The fraction of sp³-hybridized carbons (Fsp3) is 0.227. The summed E-state index contributed by atoms with van der Waals surface area (Å²) in [5.41, 5.74) is 7.68. The van der Waals surface area contributed by atoms with Crippen LogP contribution in [0.15, 0.2) is 48.9 Å². The molecule has 1 aliphatic rings. The predicted molar refractivity (Wildman–Crippen MR) is 118 cm³/mol. The number of thiophene rings is 1. The number of carbonyl (C=O) groups is 1. The van der Waals surface area contributed by atoms with E-state index in [0.29, 0.717) is 30.9 Å². The summed E-state index contributed by atoms with van der Waals surface area (Å²) in [4.78, 5) is 19.1. The maximum absolute atomic E-state index is 14.2. The Balaban J connectivity index is 1.37. The van der Waals surface area contributed by atoms with E-state index in [1.807, 2.05) is 21.8 Å². The summed E-state index contributed by atoms with van der Waals surface area (Å²) in [7, 11) is 0. The number of nitrogens with zero attached hydrogens (tertiary/aromatic N) is 4. The van der Waals surface area contributed by atoms with E-state index >= 15 is 0 Å². The van der Waals surface area contributed by atoms with Gasteiger partial charge in [-0.05, 0) is 24.6 Å². The van der Waals surface area contributed by atoms with Crippen molar-refractivity contribution in [3.8, 4) is 21.9 Å². The fourth-order valence-electron chi connectivity index (χ4n) is 3.63. The summed E-state index contributed by atoms with van der Waals surface area (Å²) in [5, 5.41) is 4.43. The number of aromatic nitrogens is 3. The minimum atomic E-state index is -0.514. The Morgan fingerprint density at radius 1 is 1.19 bits per heavy atom. The average molecular weight is 438 g/mol. The van der Waals surface area contributed by atoms with Crippen LogP contribution in [0.4, 0.5) is 10.1 Å². The van der Waals surface area contributed by atoms with Gasteiger partial charge in [-0.15, -0.1) is 11.3 Å². The number of hydrogen-bond acceptors (Lipinski definition) is 6. The number of halogens is 1. The predicted octanol–water partition coefficient (Wildman–Crippen LogP) is 4.30. The molecule has 0 saturated carbocycles. The molecule has 0 bridgehead atoms. The van der Waals surface area contributed by atoms with Gasteiger partial charge in [0.1, 0.15) is 5.75 Å². The number of pyridine rings is 1. The molecule has 1 saturated heterocycles. The third-order valence-electron chi connectivity index (χ3n) is 5.24. The molecule has 1 aromatic carbocycles. The molecule has 1 aliphatic heterocycles. The summed E-state index contributed by atoms with van der Waals surface area (Å²) in [6.07, 6.45) is 6.98. The minimum absolute atomic E-state index is 0.112. The van der Waals surface area contributed by atoms with E-state index in [-0.39, 0.29) is 11.7 Å². The fourth-order valence-corrected chi connectivity index (χ4v) is 4.67. The van der Waals surface area contributed by atoms with Crippen LogP contribution in [-0.4, -0.2) is 38.7 Å². The van der Waals surface area contributed by atoms with Crippen molar-refractivity contribution < 1.29 is 13.9 Å². The number of anilines is 1. The molecule has 2 N–H and O–H groups in total. The zero-order valence-electron chi connectivity index (χ0n) is 16.6. The first-order valence-corrected chi connectivity index (χ1v) is 10.8. The van der Waals surface area contributed by atoms with Gasteiger partial charge in [0, 0.05) is 60.2 Å². The topological polar surface area (TPSA) is 86.3 Å². The number of fused-ring (bicyclic) bond motifs is 1. The first kappa shape index (κ1) is 19.5. The highest BCUT2D eigenvalue weighted by molar-refractivity contribution is 7.22. The van der Waals surface area contributed by atoms with E-state index in [0.717, 1.165) is 33.6 Å². The lowest BCUT2D eigenvalue weighted by atomic mass is 10.2.